The summed E-state index contributed by atoms with van der Waals surface area (Å²) < 4.78 is 1.74. The van der Waals surface area contributed by atoms with Crippen molar-refractivity contribution < 1.29 is 4.92 Å². The Morgan fingerprint density at radius 3 is 2.76 bits per heavy atom. The summed E-state index contributed by atoms with van der Waals surface area (Å²) in [6, 6.07) is 3.47. The molecule has 0 aliphatic carbocycles. The van der Waals surface area contributed by atoms with Gasteiger partial charge < -0.3 is 4.90 Å². The number of nitrogens with zero attached hydrogens (tertiary/aromatic N) is 4. The molecule has 0 spiro atoms. The maximum Gasteiger partial charge on any atom is 0.293 e. The molecule has 1 aliphatic rings. The molecule has 0 saturated carbocycles. The molecule has 0 unspecified atom stereocenters. The number of fused-ring (bicyclic) bond motifs is 1. The molecule has 17 heavy (non-hydrogen) atoms. The third kappa shape index (κ3) is 1.44. The largest absolute Gasteiger partial charge is 0.366 e. The molecule has 2 aromatic rings. The molecule has 1 saturated heterocycles. The molecule has 0 atom stereocenters. The number of anilines is 1. The van der Waals surface area contributed by atoms with Gasteiger partial charge in [-0.2, -0.15) is 5.10 Å². The van der Waals surface area contributed by atoms with Crippen molar-refractivity contribution in [2.75, 3.05) is 18.0 Å². The zero-order chi connectivity index (χ0) is 12.0. The van der Waals surface area contributed by atoms with Crippen LogP contribution in [-0.2, 0) is 7.05 Å². The van der Waals surface area contributed by atoms with E-state index in [1.807, 2.05) is 18.0 Å². The molecular formula is C11H12N4O2. The Balaban J connectivity index is 2.24. The maximum absolute atomic E-state index is 11.1. The number of nitro groups is 1. The summed E-state index contributed by atoms with van der Waals surface area (Å²) in [6.07, 6.45) is 2.75. The summed E-state index contributed by atoms with van der Waals surface area (Å²) in [5, 5.41) is 16.0. The number of nitro benzene ring substituents is 1. The van der Waals surface area contributed by atoms with Crippen molar-refractivity contribution in [2.24, 2.45) is 7.05 Å². The highest BCUT2D eigenvalue weighted by Gasteiger charge is 2.25. The van der Waals surface area contributed by atoms with Crippen molar-refractivity contribution in [2.45, 2.75) is 6.42 Å². The summed E-state index contributed by atoms with van der Waals surface area (Å²) in [5.74, 6) is 0. The van der Waals surface area contributed by atoms with Crippen LogP contribution in [0.1, 0.15) is 6.42 Å². The van der Waals surface area contributed by atoms with Gasteiger partial charge in [0.1, 0.15) is 5.69 Å². The number of hydrogen-bond donors (Lipinski definition) is 0. The number of aryl methyl sites for hydroxylation is 1. The quantitative estimate of drug-likeness (QED) is 0.584. The van der Waals surface area contributed by atoms with Crippen LogP contribution in [0.25, 0.3) is 10.9 Å². The average molecular weight is 232 g/mol. The lowest BCUT2D eigenvalue weighted by Crippen LogP contribution is -2.37. The molecule has 2 heterocycles. The van der Waals surface area contributed by atoms with Crippen molar-refractivity contribution in [3.05, 3.63) is 28.4 Å². The number of hydrogen-bond acceptors (Lipinski definition) is 4. The molecule has 1 aromatic carbocycles. The van der Waals surface area contributed by atoms with Gasteiger partial charge in [0.25, 0.3) is 5.69 Å². The monoisotopic (exact) mass is 232 g/mol. The molecule has 0 N–H and O–H groups in total. The van der Waals surface area contributed by atoms with E-state index in [9.17, 15) is 10.1 Å². The van der Waals surface area contributed by atoms with Crippen molar-refractivity contribution in [1.82, 2.24) is 9.78 Å². The molecule has 0 amide bonds. The summed E-state index contributed by atoms with van der Waals surface area (Å²) in [7, 11) is 1.84. The Morgan fingerprint density at radius 2 is 2.18 bits per heavy atom. The van der Waals surface area contributed by atoms with Crippen molar-refractivity contribution in [3.8, 4) is 0 Å². The van der Waals surface area contributed by atoms with Gasteiger partial charge in [0, 0.05) is 31.6 Å². The van der Waals surface area contributed by atoms with Gasteiger partial charge in [-0.15, -0.1) is 0 Å². The summed E-state index contributed by atoms with van der Waals surface area (Å²) in [4.78, 5) is 12.8. The van der Waals surface area contributed by atoms with E-state index in [2.05, 4.69) is 5.10 Å². The van der Waals surface area contributed by atoms with Gasteiger partial charge in [0.2, 0.25) is 0 Å². The zero-order valence-corrected chi connectivity index (χ0v) is 9.46. The predicted molar refractivity (Wildman–Crippen MR) is 64.2 cm³/mol. The minimum absolute atomic E-state index is 0.171. The second kappa shape index (κ2) is 3.44. The standard InChI is InChI=1S/C11H12N4O2/c1-13-9-6-10(14-3-2-4-14)11(15(16)17)5-8(9)7-12-13/h5-7H,2-4H2,1H3. The predicted octanol–water partition coefficient (Wildman–Crippen LogP) is 1.69. The Morgan fingerprint density at radius 1 is 1.41 bits per heavy atom. The number of aromatic nitrogens is 2. The second-order valence-electron chi connectivity index (χ2n) is 4.27. The first kappa shape index (κ1) is 10.1. The van der Waals surface area contributed by atoms with Crippen LogP contribution < -0.4 is 4.90 Å². The van der Waals surface area contributed by atoms with E-state index < -0.39 is 0 Å². The Hall–Kier alpha value is -2.11. The van der Waals surface area contributed by atoms with Crippen LogP contribution in [-0.4, -0.2) is 27.8 Å². The molecule has 1 aliphatic heterocycles. The molecule has 1 aromatic heterocycles. The summed E-state index contributed by atoms with van der Waals surface area (Å²) >= 11 is 0. The Labute approximate surface area is 97.6 Å². The summed E-state index contributed by atoms with van der Waals surface area (Å²) in [5.41, 5.74) is 1.81. The topological polar surface area (TPSA) is 64.2 Å². The fourth-order valence-corrected chi connectivity index (χ4v) is 2.13. The first-order valence-electron chi connectivity index (χ1n) is 5.52. The van der Waals surface area contributed by atoms with Gasteiger partial charge >= 0.3 is 0 Å². The molecule has 0 bridgehead atoms. The van der Waals surface area contributed by atoms with Crippen LogP contribution in [0, 0.1) is 10.1 Å². The van der Waals surface area contributed by atoms with Crippen molar-refractivity contribution >= 4 is 22.3 Å². The van der Waals surface area contributed by atoms with Gasteiger partial charge in [0.15, 0.2) is 0 Å². The van der Waals surface area contributed by atoms with Gasteiger partial charge in [-0.25, -0.2) is 0 Å². The molecular weight excluding hydrogens is 220 g/mol. The molecule has 6 nitrogen and oxygen atoms in total. The van der Waals surface area contributed by atoms with Crippen molar-refractivity contribution in [1.29, 1.82) is 0 Å². The van der Waals surface area contributed by atoms with Crippen LogP contribution in [0.15, 0.2) is 18.3 Å². The van der Waals surface area contributed by atoms with Gasteiger partial charge in [-0.3, -0.25) is 14.8 Å². The van der Waals surface area contributed by atoms with E-state index in [4.69, 9.17) is 0 Å². The molecule has 1 fully saturated rings. The van der Waals surface area contributed by atoms with Gasteiger partial charge in [-0.05, 0) is 12.5 Å². The van der Waals surface area contributed by atoms with Crippen LogP contribution in [0.3, 0.4) is 0 Å². The van der Waals surface area contributed by atoms with Gasteiger partial charge in [0.05, 0.1) is 16.6 Å². The second-order valence-corrected chi connectivity index (χ2v) is 4.27. The van der Waals surface area contributed by atoms with E-state index in [0.717, 1.165) is 30.4 Å². The van der Waals surface area contributed by atoms with Gasteiger partial charge in [-0.1, -0.05) is 0 Å². The Bertz CT molecular complexity index is 601. The maximum atomic E-state index is 11.1. The minimum atomic E-state index is -0.319. The van der Waals surface area contributed by atoms with E-state index in [-0.39, 0.29) is 10.6 Å². The van der Waals surface area contributed by atoms with Crippen LogP contribution in [0.2, 0.25) is 0 Å². The normalized spacial score (nSPS) is 15.0. The van der Waals surface area contributed by atoms with E-state index >= 15 is 0 Å². The minimum Gasteiger partial charge on any atom is -0.366 e. The highest BCUT2D eigenvalue weighted by atomic mass is 16.6. The van der Waals surface area contributed by atoms with Crippen molar-refractivity contribution in [3.63, 3.8) is 0 Å². The fraction of sp³-hybridized carbons (Fsp3) is 0.364. The van der Waals surface area contributed by atoms with Crippen LogP contribution >= 0.6 is 0 Å². The first-order valence-corrected chi connectivity index (χ1v) is 5.52. The lowest BCUT2D eigenvalue weighted by atomic mass is 10.1. The molecule has 0 radical (unpaired) electrons. The van der Waals surface area contributed by atoms with E-state index in [1.54, 1.807) is 16.9 Å². The fourth-order valence-electron chi connectivity index (χ4n) is 2.13. The Kier molecular flexibility index (Phi) is 2.04. The molecule has 88 valence electrons. The third-order valence-electron chi connectivity index (χ3n) is 3.24. The molecule has 3 rings (SSSR count). The van der Waals surface area contributed by atoms with E-state index in [1.165, 1.54) is 0 Å². The smallest absolute Gasteiger partial charge is 0.293 e. The third-order valence-corrected chi connectivity index (χ3v) is 3.24. The summed E-state index contributed by atoms with van der Waals surface area (Å²) in [6.45, 7) is 1.79. The lowest BCUT2D eigenvalue weighted by molar-refractivity contribution is -0.384. The highest BCUT2D eigenvalue weighted by Crippen LogP contribution is 2.34. The highest BCUT2D eigenvalue weighted by molar-refractivity contribution is 5.88. The molecule has 6 heteroatoms. The zero-order valence-electron chi connectivity index (χ0n) is 9.46. The van der Waals surface area contributed by atoms with E-state index in [0.29, 0.717) is 5.69 Å². The number of rotatable bonds is 2. The number of benzene rings is 1. The van der Waals surface area contributed by atoms with Crippen LogP contribution in [0.4, 0.5) is 11.4 Å². The average Bonchev–Trinajstić information content (AvgIpc) is 2.57. The lowest BCUT2D eigenvalue weighted by Gasteiger charge is -2.32. The van der Waals surface area contributed by atoms with Crippen LogP contribution in [0.5, 0.6) is 0 Å². The first-order chi connectivity index (χ1) is 8.16. The SMILES string of the molecule is Cn1ncc2cc([N+](=O)[O-])c(N3CCC3)cc21.